The summed E-state index contributed by atoms with van der Waals surface area (Å²) < 4.78 is 10.4. The highest BCUT2D eigenvalue weighted by Crippen LogP contribution is 2.34. The third-order valence-electron chi connectivity index (χ3n) is 3.34. The van der Waals surface area contributed by atoms with Gasteiger partial charge < -0.3 is 14.4 Å². The largest absolute Gasteiger partial charge is 0.497 e. The van der Waals surface area contributed by atoms with Gasteiger partial charge in [-0.3, -0.25) is 4.79 Å². The minimum absolute atomic E-state index is 0.0641. The van der Waals surface area contributed by atoms with Crippen molar-refractivity contribution in [3.8, 4) is 11.5 Å². The second-order valence-corrected chi connectivity index (χ2v) is 4.94. The van der Waals surface area contributed by atoms with E-state index in [0.717, 1.165) is 25.9 Å². The summed E-state index contributed by atoms with van der Waals surface area (Å²) in [6, 6.07) is 5.30. The fraction of sp³-hybridized carbons (Fsp3) is 0.500. The van der Waals surface area contributed by atoms with Crippen LogP contribution in [0.15, 0.2) is 18.2 Å². The quantitative estimate of drug-likeness (QED) is 0.798. The van der Waals surface area contributed by atoms with Crippen LogP contribution in [0.2, 0.25) is 0 Å². The highest BCUT2D eigenvalue weighted by Gasteiger charge is 2.28. The van der Waals surface area contributed by atoms with E-state index in [2.05, 4.69) is 0 Å². The predicted molar refractivity (Wildman–Crippen MR) is 74.0 cm³/mol. The lowest BCUT2D eigenvalue weighted by Crippen LogP contribution is -2.30. The highest BCUT2D eigenvalue weighted by molar-refractivity contribution is 6.31. The molecule has 1 unspecified atom stereocenters. The number of hydrogen-bond acceptors (Lipinski definition) is 3. The van der Waals surface area contributed by atoms with Crippen molar-refractivity contribution >= 4 is 17.5 Å². The molecule has 1 aliphatic rings. The summed E-state index contributed by atoms with van der Waals surface area (Å²) in [5, 5.41) is -0.733. The average molecular weight is 284 g/mol. The van der Waals surface area contributed by atoms with Crippen molar-refractivity contribution in [1.82, 2.24) is 4.90 Å². The molecule has 0 radical (unpaired) electrons. The number of likely N-dealkylation sites (tertiary alicyclic amines) is 1. The number of alkyl halides is 1. The van der Waals surface area contributed by atoms with Crippen LogP contribution in [0.4, 0.5) is 0 Å². The van der Waals surface area contributed by atoms with Gasteiger partial charge in [-0.2, -0.15) is 0 Å². The molecule has 0 saturated carbocycles. The molecular formula is C14H18ClNO3. The standard InChI is InChI=1S/C14H18ClNO3/c1-18-10-5-6-12(19-2)11(9-10)13(15)14(17)16-7-3-4-8-16/h5-6,9,13H,3-4,7-8H2,1-2H3. The molecule has 1 heterocycles. The van der Waals surface area contributed by atoms with Gasteiger partial charge in [0.15, 0.2) is 0 Å². The van der Waals surface area contributed by atoms with Gasteiger partial charge in [0.2, 0.25) is 5.91 Å². The zero-order valence-corrected chi connectivity index (χ0v) is 11.9. The Hall–Kier alpha value is -1.42. The van der Waals surface area contributed by atoms with E-state index in [-0.39, 0.29) is 5.91 Å². The summed E-state index contributed by atoms with van der Waals surface area (Å²) in [5.41, 5.74) is 0.653. The van der Waals surface area contributed by atoms with Crippen molar-refractivity contribution in [2.24, 2.45) is 0 Å². The molecule has 0 N–H and O–H groups in total. The maximum Gasteiger partial charge on any atom is 0.245 e. The van der Waals surface area contributed by atoms with Gasteiger partial charge in [0.05, 0.1) is 14.2 Å². The number of carbonyl (C=O) groups excluding carboxylic acids is 1. The Morgan fingerprint density at radius 2 is 1.95 bits per heavy atom. The fourth-order valence-electron chi connectivity index (χ4n) is 2.27. The lowest BCUT2D eigenvalue weighted by Gasteiger charge is -2.20. The molecule has 1 saturated heterocycles. The molecule has 4 nitrogen and oxygen atoms in total. The summed E-state index contributed by atoms with van der Waals surface area (Å²) in [6.45, 7) is 1.57. The second-order valence-electron chi connectivity index (χ2n) is 4.50. The molecule has 104 valence electrons. The van der Waals surface area contributed by atoms with E-state index >= 15 is 0 Å². The fourth-order valence-corrected chi connectivity index (χ4v) is 2.58. The van der Waals surface area contributed by atoms with Gasteiger partial charge in [0.25, 0.3) is 0 Å². The molecule has 19 heavy (non-hydrogen) atoms. The SMILES string of the molecule is COc1ccc(OC)c(C(Cl)C(=O)N2CCCC2)c1. The molecule has 0 bridgehead atoms. The summed E-state index contributed by atoms with van der Waals surface area (Å²) in [4.78, 5) is 14.1. The first-order valence-corrected chi connectivity index (χ1v) is 6.75. The smallest absolute Gasteiger partial charge is 0.245 e. The van der Waals surface area contributed by atoms with Gasteiger partial charge in [-0.05, 0) is 31.0 Å². The number of amides is 1. The highest BCUT2D eigenvalue weighted by atomic mass is 35.5. The van der Waals surface area contributed by atoms with Crippen molar-refractivity contribution in [3.63, 3.8) is 0 Å². The Morgan fingerprint density at radius 1 is 1.26 bits per heavy atom. The Balaban J connectivity index is 2.25. The Kier molecular flexibility index (Phi) is 4.53. The molecule has 1 amide bonds. The molecule has 1 aliphatic heterocycles. The maximum absolute atomic E-state index is 12.3. The normalized spacial score (nSPS) is 16.3. The van der Waals surface area contributed by atoms with E-state index < -0.39 is 5.38 Å². The number of benzene rings is 1. The number of halogens is 1. The third kappa shape index (κ3) is 2.95. The summed E-state index contributed by atoms with van der Waals surface area (Å²) in [6.07, 6.45) is 2.09. The molecule has 5 heteroatoms. The number of rotatable bonds is 4. The van der Waals surface area contributed by atoms with E-state index in [4.69, 9.17) is 21.1 Å². The predicted octanol–water partition coefficient (Wildman–Crippen LogP) is 2.61. The van der Waals surface area contributed by atoms with Gasteiger partial charge in [0.1, 0.15) is 16.9 Å². The maximum atomic E-state index is 12.3. The number of carbonyl (C=O) groups is 1. The van der Waals surface area contributed by atoms with Gasteiger partial charge in [-0.1, -0.05) is 0 Å². The van der Waals surface area contributed by atoms with E-state index in [1.807, 2.05) is 0 Å². The lowest BCUT2D eigenvalue weighted by atomic mass is 10.1. The Morgan fingerprint density at radius 3 is 2.53 bits per heavy atom. The second kappa shape index (κ2) is 6.15. The molecule has 0 aromatic heterocycles. The third-order valence-corrected chi connectivity index (χ3v) is 3.77. The van der Waals surface area contributed by atoms with Crippen LogP contribution in [0.3, 0.4) is 0 Å². The molecule has 0 aliphatic carbocycles. The zero-order valence-electron chi connectivity index (χ0n) is 11.2. The van der Waals surface area contributed by atoms with Crippen LogP contribution in [0.5, 0.6) is 11.5 Å². The number of ether oxygens (including phenoxy) is 2. The first-order chi connectivity index (χ1) is 9.17. The monoisotopic (exact) mass is 283 g/mol. The lowest BCUT2D eigenvalue weighted by molar-refractivity contribution is -0.129. The molecule has 1 aromatic carbocycles. The first-order valence-electron chi connectivity index (χ1n) is 6.32. The van der Waals surface area contributed by atoms with Crippen molar-refractivity contribution in [2.75, 3.05) is 27.3 Å². The summed E-state index contributed by atoms with van der Waals surface area (Å²) in [7, 11) is 3.15. The number of methoxy groups -OCH3 is 2. The molecule has 1 fully saturated rings. The van der Waals surface area contributed by atoms with E-state index in [0.29, 0.717) is 17.1 Å². The van der Waals surface area contributed by atoms with Crippen LogP contribution in [0, 0.1) is 0 Å². The topological polar surface area (TPSA) is 38.8 Å². The van der Waals surface area contributed by atoms with Crippen molar-refractivity contribution in [1.29, 1.82) is 0 Å². The van der Waals surface area contributed by atoms with Crippen molar-refractivity contribution in [2.45, 2.75) is 18.2 Å². The van der Waals surface area contributed by atoms with Gasteiger partial charge >= 0.3 is 0 Å². The van der Waals surface area contributed by atoms with Crippen LogP contribution < -0.4 is 9.47 Å². The van der Waals surface area contributed by atoms with Crippen LogP contribution in [0.25, 0.3) is 0 Å². The average Bonchev–Trinajstić information content (AvgIpc) is 2.99. The van der Waals surface area contributed by atoms with Crippen LogP contribution >= 0.6 is 11.6 Å². The van der Waals surface area contributed by atoms with E-state index in [1.54, 1.807) is 37.3 Å². The number of nitrogens with zero attached hydrogens (tertiary/aromatic N) is 1. The van der Waals surface area contributed by atoms with E-state index in [9.17, 15) is 4.79 Å². The number of hydrogen-bond donors (Lipinski definition) is 0. The van der Waals surface area contributed by atoms with Gasteiger partial charge in [-0.25, -0.2) is 0 Å². The Bertz CT molecular complexity index is 458. The van der Waals surface area contributed by atoms with Crippen molar-refractivity contribution in [3.05, 3.63) is 23.8 Å². The summed E-state index contributed by atoms with van der Waals surface area (Å²) in [5.74, 6) is 1.20. The zero-order chi connectivity index (χ0) is 13.8. The van der Waals surface area contributed by atoms with Crippen LogP contribution in [0.1, 0.15) is 23.8 Å². The van der Waals surface area contributed by atoms with Crippen molar-refractivity contribution < 1.29 is 14.3 Å². The first kappa shape index (κ1) is 14.0. The van der Waals surface area contributed by atoms with Crippen LogP contribution in [-0.2, 0) is 4.79 Å². The molecule has 2 rings (SSSR count). The minimum atomic E-state index is -0.733. The molecule has 1 aromatic rings. The molecule has 1 atom stereocenters. The Labute approximate surface area is 118 Å². The van der Waals surface area contributed by atoms with Gasteiger partial charge in [-0.15, -0.1) is 11.6 Å². The minimum Gasteiger partial charge on any atom is -0.497 e. The molecular weight excluding hydrogens is 266 g/mol. The molecule has 0 spiro atoms. The van der Waals surface area contributed by atoms with E-state index in [1.165, 1.54) is 0 Å². The van der Waals surface area contributed by atoms with Gasteiger partial charge in [0, 0.05) is 18.7 Å². The van der Waals surface area contributed by atoms with Crippen LogP contribution in [-0.4, -0.2) is 38.1 Å². The summed E-state index contributed by atoms with van der Waals surface area (Å²) >= 11 is 6.32.